The van der Waals surface area contributed by atoms with Crippen LogP contribution in [0.3, 0.4) is 0 Å². The predicted molar refractivity (Wildman–Crippen MR) is 66.6 cm³/mol. The molecule has 3 nitrogen and oxygen atoms in total. The van der Waals surface area contributed by atoms with Gasteiger partial charge >= 0.3 is 5.76 Å². The van der Waals surface area contributed by atoms with Crippen LogP contribution in [0.25, 0.3) is 0 Å². The maximum atomic E-state index is 12.6. The number of likely N-dealkylation sites (N-methyl/N-ethyl adjacent to an activating group) is 1. The van der Waals surface area contributed by atoms with Gasteiger partial charge in [-0.25, -0.2) is 8.42 Å². The molecule has 102 valence electrons. The van der Waals surface area contributed by atoms with Crippen LogP contribution in [-0.2, 0) is 9.84 Å². The van der Waals surface area contributed by atoms with Crippen LogP contribution in [0.4, 0.5) is 8.78 Å². The Balaban J connectivity index is 3.32. The van der Waals surface area contributed by atoms with Crippen LogP contribution >= 0.6 is 0 Å². The minimum Gasteiger partial charge on any atom is -0.317 e. The molecule has 1 aromatic rings. The Bertz CT molecular complexity index is 503. The number of alkyl halides is 2. The second-order valence-corrected chi connectivity index (χ2v) is 6.10. The second-order valence-electron chi connectivity index (χ2n) is 4.21. The number of sulfone groups is 1. The lowest BCUT2D eigenvalue weighted by atomic mass is 9.94. The van der Waals surface area contributed by atoms with Crippen molar-refractivity contribution in [1.29, 1.82) is 0 Å². The standard InChI is InChI=1S/C12H17F2NO2S/c1-8(9(2)15-3)10-6-4-5-7-11(10)18(16,17)12(13)14/h4-9,12,15H,1-3H3. The van der Waals surface area contributed by atoms with Crippen LogP contribution in [-0.4, -0.2) is 27.3 Å². The normalized spacial score (nSPS) is 15.7. The molecule has 0 heterocycles. The van der Waals surface area contributed by atoms with Gasteiger partial charge in [0.05, 0.1) is 4.90 Å². The Morgan fingerprint density at radius 2 is 1.72 bits per heavy atom. The lowest BCUT2D eigenvalue weighted by molar-refractivity contribution is 0.234. The minimum atomic E-state index is -4.56. The summed E-state index contributed by atoms with van der Waals surface area (Å²) in [4.78, 5) is -0.283. The maximum Gasteiger partial charge on any atom is 0.341 e. The van der Waals surface area contributed by atoms with Crippen LogP contribution < -0.4 is 5.32 Å². The monoisotopic (exact) mass is 277 g/mol. The number of nitrogens with one attached hydrogen (secondary N) is 1. The van der Waals surface area contributed by atoms with E-state index in [1.165, 1.54) is 12.1 Å². The van der Waals surface area contributed by atoms with E-state index in [0.29, 0.717) is 5.56 Å². The highest BCUT2D eigenvalue weighted by Gasteiger charge is 2.30. The van der Waals surface area contributed by atoms with Crippen molar-refractivity contribution in [3.05, 3.63) is 29.8 Å². The molecule has 2 atom stereocenters. The average Bonchev–Trinajstić information content (AvgIpc) is 2.36. The number of hydrogen-bond donors (Lipinski definition) is 1. The van der Waals surface area contributed by atoms with Gasteiger partial charge in [-0.05, 0) is 31.5 Å². The predicted octanol–water partition coefficient (Wildman–Crippen LogP) is 2.39. The summed E-state index contributed by atoms with van der Waals surface area (Å²) in [5.41, 5.74) is 0.416. The molecule has 1 rings (SSSR count). The first-order valence-electron chi connectivity index (χ1n) is 5.60. The highest BCUT2D eigenvalue weighted by Crippen LogP contribution is 2.29. The van der Waals surface area contributed by atoms with E-state index in [9.17, 15) is 17.2 Å². The summed E-state index contributed by atoms with van der Waals surface area (Å²) < 4.78 is 48.4. The maximum absolute atomic E-state index is 12.6. The molecular weight excluding hydrogens is 260 g/mol. The van der Waals surface area contributed by atoms with Gasteiger partial charge in [-0.3, -0.25) is 0 Å². The van der Waals surface area contributed by atoms with Gasteiger partial charge in [-0.15, -0.1) is 0 Å². The fourth-order valence-electron chi connectivity index (χ4n) is 1.73. The van der Waals surface area contributed by atoms with Crippen molar-refractivity contribution in [3.63, 3.8) is 0 Å². The summed E-state index contributed by atoms with van der Waals surface area (Å²) in [5, 5.41) is 2.99. The van der Waals surface area contributed by atoms with E-state index in [-0.39, 0.29) is 16.9 Å². The largest absolute Gasteiger partial charge is 0.341 e. The van der Waals surface area contributed by atoms with Gasteiger partial charge < -0.3 is 5.32 Å². The molecule has 2 unspecified atom stereocenters. The topological polar surface area (TPSA) is 46.2 Å². The zero-order valence-corrected chi connectivity index (χ0v) is 11.3. The minimum absolute atomic E-state index is 0.0148. The van der Waals surface area contributed by atoms with Gasteiger partial charge in [0.2, 0.25) is 9.84 Å². The van der Waals surface area contributed by atoms with E-state index < -0.39 is 15.6 Å². The quantitative estimate of drug-likeness (QED) is 0.899. The Morgan fingerprint density at radius 1 is 1.17 bits per heavy atom. The highest BCUT2D eigenvalue weighted by molar-refractivity contribution is 7.91. The molecule has 6 heteroatoms. The number of benzene rings is 1. The molecule has 0 aliphatic rings. The third kappa shape index (κ3) is 2.87. The highest BCUT2D eigenvalue weighted by atomic mass is 32.2. The van der Waals surface area contributed by atoms with Crippen molar-refractivity contribution in [1.82, 2.24) is 5.32 Å². The molecular formula is C12H17F2NO2S. The SMILES string of the molecule is CNC(C)C(C)c1ccccc1S(=O)(=O)C(F)F. The van der Waals surface area contributed by atoms with E-state index in [1.54, 1.807) is 26.1 Å². The molecule has 0 spiro atoms. The number of rotatable bonds is 5. The average molecular weight is 277 g/mol. The van der Waals surface area contributed by atoms with E-state index in [4.69, 9.17) is 0 Å². The van der Waals surface area contributed by atoms with Crippen LogP contribution in [0.15, 0.2) is 29.2 Å². The van der Waals surface area contributed by atoms with E-state index >= 15 is 0 Å². The van der Waals surface area contributed by atoms with Gasteiger partial charge in [0.1, 0.15) is 0 Å². The lowest BCUT2D eigenvalue weighted by Gasteiger charge is -2.22. The Labute approximate surface area is 106 Å². The van der Waals surface area contributed by atoms with Crippen LogP contribution in [0.2, 0.25) is 0 Å². The van der Waals surface area contributed by atoms with E-state index in [1.807, 2.05) is 6.92 Å². The number of hydrogen-bond acceptors (Lipinski definition) is 3. The van der Waals surface area contributed by atoms with Gasteiger partial charge in [-0.2, -0.15) is 8.78 Å². The molecule has 0 fully saturated rings. The van der Waals surface area contributed by atoms with Crippen molar-refractivity contribution < 1.29 is 17.2 Å². The second kappa shape index (κ2) is 5.75. The molecule has 0 aliphatic heterocycles. The smallest absolute Gasteiger partial charge is 0.317 e. The van der Waals surface area contributed by atoms with Crippen LogP contribution in [0.1, 0.15) is 25.3 Å². The van der Waals surface area contributed by atoms with Crippen molar-refractivity contribution in [2.24, 2.45) is 0 Å². The third-order valence-electron chi connectivity index (χ3n) is 3.16. The Morgan fingerprint density at radius 3 is 2.22 bits per heavy atom. The van der Waals surface area contributed by atoms with E-state index in [2.05, 4.69) is 5.32 Å². The van der Waals surface area contributed by atoms with E-state index in [0.717, 1.165) is 0 Å². The summed E-state index contributed by atoms with van der Waals surface area (Å²) in [6.07, 6.45) is 0. The molecule has 0 saturated carbocycles. The van der Waals surface area contributed by atoms with Crippen LogP contribution in [0, 0.1) is 0 Å². The summed E-state index contributed by atoms with van der Waals surface area (Å²) >= 11 is 0. The number of halogens is 2. The fourth-order valence-corrected chi connectivity index (χ4v) is 2.77. The Kier molecular flexibility index (Phi) is 4.81. The van der Waals surface area contributed by atoms with Crippen LogP contribution in [0.5, 0.6) is 0 Å². The van der Waals surface area contributed by atoms with Crippen molar-refractivity contribution in [2.45, 2.75) is 36.5 Å². The molecule has 0 bridgehead atoms. The zero-order valence-electron chi connectivity index (χ0n) is 10.5. The molecule has 18 heavy (non-hydrogen) atoms. The summed E-state index contributed by atoms with van der Waals surface area (Å²) in [6.45, 7) is 3.68. The molecule has 1 N–H and O–H groups in total. The first kappa shape index (κ1) is 15.0. The van der Waals surface area contributed by atoms with Crippen molar-refractivity contribution in [2.75, 3.05) is 7.05 Å². The summed E-state index contributed by atoms with van der Waals surface area (Å²) in [6, 6.07) is 5.90. The van der Waals surface area contributed by atoms with Crippen molar-refractivity contribution in [3.8, 4) is 0 Å². The molecule has 0 amide bonds. The zero-order chi connectivity index (χ0) is 13.9. The lowest BCUT2D eigenvalue weighted by Crippen LogP contribution is -2.28. The molecule has 0 aromatic heterocycles. The van der Waals surface area contributed by atoms with Gasteiger partial charge in [0.25, 0.3) is 0 Å². The summed E-state index contributed by atoms with van der Waals surface area (Å²) in [5.74, 6) is -3.57. The first-order valence-corrected chi connectivity index (χ1v) is 7.15. The molecule has 0 saturated heterocycles. The van der Waals surface area contributed by atoms with Gasteiger partial charge in [0, 0.05) is 6.04 Å². The van der Waals surface area contributed by atoms with Gasteiger partial charge in [-0.1, -0.05) is 25.1 Å². The van der Waals surface area contributed by atoms with Gasteiger partial charge in [0.15, 0.2) is 0 Å². The molecule has 0 aliphatic carbocycles. The summed E-state index contributed by atoms with van der Waals surface area (Å²) in [7, 11) is -2.81. The Hall–Kier alpha value is -1.01. The molecule has 0 radical (unpaired) electrons. The molecule has 1 aromatic carbocycles. The van der Waals surface area contributed by atoms with Crippen molar-refractivity contribution >= 4 is 9.84 Å². The first-order chi connectivity index (χ1) is 8.32. The fraction of sp³-hybridized carbons (Fsp3) is 0.500. The third-order valence-corrected chi connectivity index (χ3v) is 4.61.